The molecule has 2 heterocycles. The van der Waals surface area contributed by atoms with Crippen molar-refractivity contribution in [2.45, 2.75) is 17.2 Å². The molecule has 0 aromatic carbocycles. The summed E-state index contributed by atoms with van der Waals surface area (Å²) in [4.78, 5) is 13.0. The van der Waals surface area contributed by atoms with Gasteiger partial charge in [-0.25, -0.2) is 8.42 Å². The van der Waals surface area contributed by atoms with Gasteiger partial charge < -0.3 is 5.32 Å². The Bertz CT molecular complexity index is 678. The van der Waals surface area contributed by atoms with E-state index in [0.717, 1.165) is 20.5 Å². The monoisotopic (exact) mass is 344 g/mol. The van der Waals surface area contributed by atoms with Gasteiger partial charge in [-0.1, -0.05) is 12.1 Å². The largest absolute Gasteiger partial charge is 0.348 e. The molecule has 1 N–H and O–H groups in total. The molecule has 114 valence electrons. The number of hydrogen-bond donors (Lipinski definition) is 1. The molecule has 0 aliphatic carbocycles. The fraction of sp³-hybridized carbons (Fsp3) is 0.308. The molecule has 1 atom stereocenters. The number of nitrogens with zero attached hydrogens (tertiary/aromatic N) is 1. The molecule has 2 aromatic heterocycles. The number of amides is 1. The molecule has 0 bridgehead atoms. The second kappa shape index (κ2) is 6.69. The third-order valence-electron chi connectivity index (χ3n) is 2.87. The van der Waals surface area contributed by atoms with Gasteiger partial charge in [0.25, 0.3) is 10.0 Å². The van der Waals surface area contributed by atoms with Crippen LogP contribution in [-0.4, -0.2) is 32.2 Å². The SMILES string of the molecule is CC(NC(=O)CN(C)S(=O)(=O)c1cccs1)c1cccs1. The minimum atomic E-state index is -3.59. The topological polar surface area (TPSA) is 66.5 Å². The molecule has 21 heavy (non-hydrogen) atoms. The summed E-state index contributed by atoms with van der Waals surface area (Å²) in [6.45, 7) is 1.67. The summed E-state index contributed by atoms with van der Waals surface area (Å²) in [7, 11) is -2.18. The first-order chi connectivity index (χ1) is 9.91. The zero-order valence-corrected chi connectivity index (χ0v) is 14.1. The van der Waals surface area contributed by atoms with Gasteiger partial charge in [0, 0.05) is 11.9 Å². The van der Waals surface area contributed by atoms with Crippen LogP contribution in [0.1, 0.15) is 17.8 Å². The van der Waals surface area contributed by atoms with Crippen molar-refractivity contribution in [2.24, 2.45) is 0 Å². The first-order valence-corrected chi connectivity index (χ1v) is 9.44. The van der Waals surface area contributed by atoms with Gasteiger partial charge in [0.05, 0.1) is 12.6 Å². The van der Waals surface area contributed by atoms with E-state index in [9.17, 15) is 13.2 Å². The van der Waals surface area contributed by atoms with Crippen LogP contribution in [0.15, 0.2) is 39.2 Å². The van der Waals surface area contributed by atoms with Gasteiger partial charge in [-0.3, -0.25) is 4.79 Å². The molecule has 0 radical (unpaired) electrons. The average Bonchev–Trinajstić information content (AvgIpc) is 3.12. The van der Waals surface area contributed by atoms with Gasteiger partial charge in [-0.15, -0.1) is 22.7 Å². The number of sulfonamides is 1. The van der Waals surface area contributed by atoms with Gasteiger partial charge >= 0.3 is 0 Å². The van der Waals surface area contributed by atoms with Crippen LogP contribution >= 0.6 is 22.7 Å². The zero-order chi connectivity index (χ0) is 15.5. The lowest BCUT2D eigenvalue weighted by Gasteiger charge is -2.18. The minimum absolute atomic E-state index is 0.129. The first kappa shape index (κ1) is 16.2. The van der Waals surface area contributed by atoms with Crippen LogP contribution in [0.25, 0.3) is 0 Å². The van der Waals surface area contributed by atoms with Gasteiger partial charge in [0.2, 0.25) is 5.91 Å². The summed E-state index contributed by atoms with van der Waals surface area (Å²) >= 11 is 2.69. The quantitative estimate of drug-likeness (QED) is 0.874. The molecular weight excluding hydrogens is 328 g/mol. The van der Waals surface area contributed by atoms with Crippen molar-refractivity contribution >= 4 is 38.6 Å². The lowest BCUT2D eigenvalue weighted by atomic mass is 10.3. The minimum Gasteiger partial charge on any atom is -0.348 e. The summed E-state index contributed by atoms with van der Waals surface area (Å²) < 4.78 is 25.7. The van der Waals surface area contributed by atoms with E-state index in [4.69, 9.17) is 0 Å². The number of carbonyl (C=O) groups is 1. The lowest BCUT2D eigenvalue weighted by molar-refractivity contribution is -0.121. The van der Waals surface area contributed by atoms with E-state index < -0.39 is 10.0 Å². The Kier molecular flexibility index (Phi) is 5.15. The fourth-order valence-corrected chi connectivity index (χ4v) is 4.81. The smallest absolute Gasteiger partial charge is 0.252 e. The summed E-state index contributed by atoms with van der Waals surface area (Å²) in [5.41, 5.74) is 0. The van der Waals surface area contributed by atoms with Crippen molar-refractivity contribution < 1.29 is 13.2 Å². The maximum absolute atomic E-state index is 12.2. The standard InChI is InChI=1S/C13H16N2O3S3/c1-10(11-5-3-7-19-11)14-12(16)9-15(2)21(17,18)13-6-4-8-20-13/h3-8,10H,9H2,1-2H3,(H,14,16). The number of carbonyl (C=O) groups excluding carboxylic acids is 1. The van der Waals surface area contributed by atoms with E-state index in [1.54, 1.807) is 22.8 Å². The molecule has 0 fully saturated rings. The Labute approximate surface area is 132 Å². The third kappa shape index (κ3) is 3.91. The predicted molar refractivity (Wildman–Crippen MR) is 85.0 cm³/mol. The van der Waals surface area contributed by atoms with Crippen molar-refractivity contribution in [3.63, 3.8) is 0 Å². The molecule has 5 nitrogen and oxygen atoms in total. The number of rotatable bonds is 6. The number of hydrogen-bond acceptors (Lipinski definition) is 5. The summed E-state index contributed by atoms with van der Waals surface area (Å²) in [5.74, 6) is -0.321. The van der Waals surface area contributed by atoms with E-state index in [2.05, 4.69) is 5.32 Å². The highest BCUT2D eigenvalue weighted by molar-refractivity contribution is 7.91. The maximum Gasteiger partial charge on any atom is 0.252 e. The normalized spacial score (nSPS) is 13.3. The predicted octanol–water partition coefficient (Wildman–Crippen LogP) is 2.31. The third-order valence-corrected chi connectivity index (χ3v) is 7.10. The highest BCUT2D eigenvalue weighted by Crippen LogP contribution is 2.20. The van der Waals surface area contributed by atoms with Crippen LogP contribution in [0.5, 0.6) is 0 Å². The number of nitrogens with one attached hydrogen (secondary N) is 1. The van der Waals surface area contributed by atoms with Crippen molar-refractivity contribution in [2.75, 3.05) is 13.6 Å². The Morgan fingerprint density at radius 3 is 2.52 bits per heavy atom. The second-order valence-corrected chi connectivity index (χ2v) is 8.70. The number of likely N-dealkylation sites (N-methyl/N-ethyl adjacent to an activating group) is 1. The van der Waals surface area contributed by atoms with Crippen LogP contribution in [0.4, 0.5) is 0 Å². The van der Waals surface area contributed by atoms with E-state index >= 15 is 0 Å². The maximum atomic E-state index is 12.2. The zero-order valence-electron chi connectivity index (χ0n) is 11.6. The van der Waals surface area contributed by atoms with Crippen molar-refractivity contribution in [1.29, 1.82) is 0 Å². The van der Waals surface area contributed by atoms with E-state index in [1.165, 1.54) is 13.1 Å². The Morgan fingerprint density at radius 2 is 1.95 bits per heavy atom. The molecule has 0 aliphatic rings. The van der Waals surface area contributed by atoms with Crippen LogP contribution in [-0.2, 0) is 14.8 Å². The van der Waals surface area contributed by atoms with Crippen LogP contribution in [0.3, 0.4) is 0 Å². The van der Waals surface area contributed by atoms with E-state index in [1.807, 2.05) is 24.4 Å². The Balaban J connectivity index is 1.96. The molecule has 0 saturated heterocycles. The first-order valence-electron chi connectivity index (χ1n) is 6.24. The average molecular weight is 344 g/mol. The van der Waals surface area contributed by atoms with Gasteiger partial charge in [-0.05, 0) is 29.8 Å². The molecule has 0 spiro atoms. The molecule has 2 rings (SSSR count). The highest BCUT2D eigenvalue weighted by atomic mass is 32.2. The summed E-state index contributed by atoms with van der Waals surface area (Å²) in [6, 6.07) is 6.92. The second-order valence-electron chi connectivity index (χ2n) is 4.50. The molecule has 2 aromatic rings. The molecule has 1 amide bonds. The fourth-order valence-electron chi connectivity index (χ4n) is 1.75. The molecular formula is C13H16N2O3S3. The van der Waals surface area contributed by atoms with Crippen molar-refractivity contribution in [3.05, 3.63) is 39.9 Å². The van der Waals surface area contributed by atoms with Gasteiger partial charge in [0.1, 0.15) is 4.21 Å². The Hall–Kier alpha value is -1.22. The summed E-state index contributed by atoms with van der Waals surface area (Å²) in [6.07, 6.45) is 0. The van der Waals surface area contributed by atoms with Crippen LogP contribution in [0.2, 0.25) is 0 Å². The van der Waals surface area contributed by atoms with Gasteiger partial charge in [0.15, 0.2) is 0 Å². The van der Waals surface area contributed by atoms with Crippen molar-refractivity contribution in [1.82, 2.24) is 9.62 Å². The molecule has 8 heteroatoms. The lowest BCUT2D eigenvalue weighted by Crippen LogP contribution is -2.38. The summed E-state index contributed by atoms with van der Waals surface area (Å²) in [5, 5.41) is 6.43. The molecule has 1 unspecified atom stereocenters. The van der Waals surface area contributed by atoms with Crippen LogP contribution < -0.4 is 5.32 Å². The van der Waals surface area contributed by atoms with Crippen LogP contribution in [0, 0.1) is 0 Å². The van der Waals surface area contributed by atoms with E-state index in [0.29, 0.717) is 0 Å². The number of thiophene rings is 2. The highest BCUT2D eigenvalue weighted by Gasteiger charge is 2.24. The Morgan fingerprint density at radius 1 is 1.29 bits per heavy atom. The van der Waals surface area contributed by atoms with E-state index in [-0.39, 0.29) is 22.7 Å². The molecule has 0 saturated carbocycles. The van der Waals surface area contributed by atoms with Gasteiger partial charge in [-0.2, -0.15) is 4.31 Å². The molecule has 0 aliphatic heterocycles. The van der Waals surface area contributed by atoms with Crippen molar-refractivity contribution in [3.8, 4) is 0 Å².